The second kappa shape index (κ2) is 7.17. The number of piperidine rings is 1. The van der Waals surface area contributed by atoms with Crippen molar-refractivity contribution in [2.75, 3.05) is 32.8 Å². The van der Waals surface area contributed by atoms with Crippen molar-refractivity contribution in [2.45, 2.75) is 53.1 Å². The van der Waals surface area contributed by atoms with Gasteiger partial charge in [-0.15, -0.1) is 0 Å². The van der Waals surface area contributed by atoms with Crippen molar-refractivity contribution in [3.63, 3.8) is 0 Å². The zero-order valence-corrected chi connectivity index (χ0v) is 15.7. The Hall–Kier alpha value is -0.870. The highest BCUT2D eigenvalue weighted by Crippen LogP contribution is 2.52. The first-order valence-corrected chi connectivity index (χ1v) is 9.59. The maximum Gasteiger partial charge on any atom is 0.302 e. The van der Waals surface area contributed by atoms with E-state index in [2.05, 4.69) is 31.7 Å². The van der Waals surface area contributed by atoms with Crippen LogP contribution in [0.2, 0.25) is 0 Å². The van der Waals surface area contributed by atoms with E-state index in [1.54, 1.807) is 0 Å². The number of carbonyl (C=O) groups is 1. The Labute approximate surface area is 146 Å². The van der Waals surface area contributed by atoms with Gasteiger partial charge in [-0.1, -0.05) is 31.9 Å². The molecule has 3 aliphatic rings. The Balaban J connectivity index is 1.77. The maximum absolute atomic E-state index is 11.4. The first-order valence-electron chi connectivity index (χ1n) is 9.59. The van der Waals surface area contributed by atoms with Gasteiger partial charge in [-0.3, -0.25) is 4.79 Å². The van der Waals surface area contributed by atoms with Gasteiger partial charge in [0, 0.05) is 24.8 Å². The van der Waals surface area contributed by atoms with Crippen LogP contribution in [0.1, 0.15) is 47.0 Å². The number of nitrogens with zero attached hydrogens (tertiary/aromatic N) is 1. The van der Waals surface area contributed by atoms with Gasteiger partial charge in [0.15, 0.2) is 0 Å². The molecule has 136 valence electrons. The minimum Gasteiger partial charge on any atom is -0.465 e. The first kappa shape index (κ1) is 17.9. The van der Waals surface area contributed by atoms with E-state index < -0.39 is 0 Å². The molecule has 2 heterocycles. The van der Waals surface area contributed by atoms with Gasteiger partial charge in [0.05, 0.1) is 19.3 Å². The summed E-state index contributed by atoms with van der Waals surface area (Å²) in [7, 11) is 0. The number of fused-ring (bicyclic) bond motifs is 2. The van der Waals surface area contributed by atoms with Crippen molar-refractivity contribution in [3.8, 4) is 0 Å². The molecule has 0 aromatic carbocycles. The van der Waals surface area contributed by atoms with Gasteiger partial charge in [-0.25, -0.2) is 0 Å². The molecule has 4 nitrogen and oxygen atoms in total. The molecule has 24 heavy (non-hydrogen) atoms. The standard InChI is InChI=1S/C20H33NO3/c1-14-10-15(2)20(12-23-17(4)22)13-24-18(19(14)16(20)3)11-21-8-6-5-7-9-21/h10,15-16,18-19H,5-9,11-13H2,1-4H3/t15-,16+,18+,19+,20+/m1/s1. The van der Waals surface area contributed by atoms with Crippen molar-refractivity contribution < 1.29 is 14.3 Å². The normalized spacial score (nSPS) is 40.1. The molecule has 0 aromatic rings. The summed E-state index contributed by atoms with van der Waals surface area (Å²) >= 11 is 0. The lowest BCUT2D eigenvalue weighted by molar-refractivity contribution is -0.182. The fraction of sp³-hybridized carbons (Fsp3) is 0.850. The van der Waals surface area contributed by atoms with Gasteiger partial charge in [0.2, 0.25) is 0 Å². The second-order valence-corrected chi connectivity index (χ2v) is 8.24. The molecule has 2 bridgehead atoms. The zero-order valence-electron chi connectivity index (χ0n) is 15.7. The second-order valence-electron chi connectivity index (χ2n) is 8.24. The smallest absolute Gasteiger partial charge is 0.302 e. The third kappa shape index (κ3) is 3.28. The van der Waals surface area contributed by atoms with E-state index in [9.17, 15) is 4.79 Å². The highest BCUT2D eigenvalue weighted by Gasteiger charge is 2.54. The molecule has 0 radical (unpaired) electrons. The Bertz CT molecular complexity index is 497. The van der Waals surface area contributed by atoms with Gasteiger partial charge in [0.25, 0.3) is 0 Å². The lowest BCUT2D eigenvalue weighted by Gasteiger charge is -2.55. The molecule has 0 N–H and O–H groups in total. The van der Waals surface area contributed by atoms with E-state index in [0.29, 0.717) is 31.0 Å². The van der Waals surface area contributed by atoms with Crippen molar-refractivity contribution in [1.29, 1.82) is 0 Å². The minimum absolute atomic E-state index is 0.0752. The van der Waals surface area contributed by atoms with Gasteiger partial charge < -0.3 is 14.4 Å². The monoisotopic (exact) mass is 335 g/mol. The Morgan fingerprint density at radius 3 is 2.71 bits per heavy atom. The predicted molar refractivity (Wildman–Crippen MR) is 94.7 cm³/mol. The van der Waals surface area contributed by atoms with Gasteiger partial charge in [-0.2, -0.15) is 0 Å². The van der Waals surface area contributed by atoms with Crippen LogP contribution < -0.4 is 0 Å². The summed E-state index contributed by atoms with van der Waals surface area (Å²) in [5.41, 5.74) is 1.38. The molecule has 4 heteroatoms. The SMILES string of the molecule is CC(=O)OC[C@]12CO[C@@H](CN3CCCCC3)[C@@H](C(C)=C[C@H]1C)[C@@H]2C. The van der Waals surface area contributed by atoms with Crippen LogP contribution in [0.15, 0.2) is 11.6 Å². The first-order chi connectivity index (χ1) is 11.4. The van der Waals surface area contributed by atoms with Crippen LogP contribution in [-0.2, 0) is 14.3 Å². The quantitative estimate of drug-likeness (QED) is 0.584. The molecular weight excluding hydrogens is 302 g/mol. The molecule has 0 saturated carbocycles. The molecule has 0 unspecified atom stereocenters. The molecular formula is C20H33NO3. The lowest BCUT2D eigenvalue weighted by atomic mass is 9.56. The fourth-order valence-electron chi connectivity index (χ4n) is 5.19. The molecule has 0 spiro atoms. The molecule has 0 aromatic heterocycles. The van der Waals surface area contributed by atoms with Crippen molar-refractivity contribution in [1.82, 2.24) is 4.90 Å². The summed E-state index contributed by atoms with van der Waals surface area (Å²) in [6.45, 7) is 13.0. The number of hydrogen-bond donors (Lipinski definition) is 0. The summed E-state index contributed by atoms with van der Waals surface area (Å²) < 4.78 is 11.9. The summed E-state index contributed by atoms with van der Waals surface area (Å²) in [6.07, 6.45) is 6.67. The Kier molecular flexibility index (Phi) is 5.36. The van der Waals surface area contributed by atoms with E-state index in [-0.39, 0.29) is 17.5 Å². The fourth-order valence-corrected chi connectivity index (χ4v) is 5.19. The number of allylic oxidation sites excluding steroid dienone is 1. The van der Waals surface area contributed by atoms with Gasteiger partial charge >= 0.3 is 5.97 Å². The van der Waals surface area contributed by atoms with E-state index >= 15 is 0 Å². The number of likely N-dealkylation sites (tertiary alicyclic amines) is 1. The average Bonchev–Trinajstić information content (AvgIpc) is 2.54. The number of rotatable bonds is 4. The summed E-state index contributed by atoms with van der Waals surface area (Å²) in [4.78, 5) is 13.9. The van der Waals surface area contributed by atoms with Crippen molar-refractivity contribution in [3.05, 3.63) is 11.6 Å². The third-order valence-electron chi connectivity index (χ3n) is 6.79. The average molecular weight is 335 g/mol. The molecule has 2 saturated heterocycles. The number of ether oxygens (including phenoxy) is 2. The lowest BCUT2D eigenvalue weighted by Crippen LogP contribution is -2.58. The van der Waals surface area contributed by atoms with E-state index in [4.69, 9.17) is 9.47 Å². The van der Waals surface area contributed by atoms with Crippen LogP contribution in [0.25, 0.3) is 0 Å². The van der Waals surface area contributed by atoms with Crippen molar-refractivity contribution in [2.24, 2.45) is 23.2 Å². The summed E-state index contributed by atoms with van der Waals surface area (Å²) in [5, 5.41) is 0. The Morgan fingerprint density at radius 1 is 1.33 bits per heavy atom. The van der Waals surface area contributed by atoms with E-state index in [1.165, 1.54) is 44.8 Å². The number of hydrogen-bond acceptors (Lipinski definition) is 4. The largest absolute Gasteiger partial charge is 0.465 e. The molecule has 3 rings (SSSR count). The van der Waals surface area contributed by atoms with Crippen molar-refractivity contribution >= 4 is 5.97 Å². The van der Waals surface area contributed by atoms with Gasteiger partial charge in [-0.05, 0) is 44.7 Å². The molecule has 1 aliphatic carbocycles. The van der Waals surface area contributed by atoms with Crippen LogP contribution >= 0.6 is 0 Å². The molecule has 0 amide bonds. The topological polar surface area (TPSA) is 38.8 Å². The van der Waals surface area contributed by atoms with Crippen LogP contribution in [0.3, 0.4) is 0 Å². The summed E-state index contributed by atoms with van der Waals surface area (Å²) in [5.74, 6) is 1.09. The van der Waals surface area contributed by atoms with E-state index in [1.807, 2.05) is 0 Å². The predicted octanol–water partition coefficient (Wildman–Crippen LogP) is 3.27. The molecule has 5 atom stereocenters. The highest BCUT2D eigenvalue weighted by atomic mass is 16.5. The number of carbonyl (C=O) groups excluding carboxylic acids is 1. The third-order valence-corrected chi connectivity index (χ3v) is 6.79. The number of esters is 1. The summed E-state index contributed by atoms with van der Waals surface area (Å²) in [6, 6.07) is 0. The zero-order chi connectivity index (χ0) is 17.3. The minimum atomic E-state index is -0.193. The molecule has 2 aliphatic heterocycles. The molecule has 2 fully saturated rings. The van der Waals surface area contributed by atoms with Gasteiger partial charge in [0.1, 0.15) is 0 Å². The maximum atomic E-state index is 11.4. The van der Waals surface area contributed by atoms with Crippen LogP contribution in [0.4, 0.5) is 0 Å². The van der Waals surface area contributed by atoms with Crippen LogP contribution in [-0.4, -0.2) is 49.8 Å². The Morgan fingerprint density at radius 2 is 2.04 bits per heavy atom. The van der Waals surface area contributed by atoms with Crippen LogP contribution in [0.5, 0.6) is 0 Å². The van der Waals surface area contributed by atoms with Crippen LogP contribution in [0, 0.1) is 23.2 Å². The highest BCUT2D eigenvalue weighted by molar-refractivity contribution is 5.65. The van der Waals surface area contributed by atoms with E-state index in [0.717, 1.165) is 6.54 Å².